The highest BCUT2D eigenvalue weighted by atomic mass is 16.2. The molecule has 2 saturated carbocycles. The summed E-state index contributed by atoms with van der Waals surface area (Å²) in [5, 5.41) is 6.53. The van der Waals surface area contributed by atoms with Gasteiger partial charge in [0.25, 0.3) is 0 Å². The molecule has 0 aromatic heterocycles. The van der Waals surface area contributed by atoms with Crippen molar-refractivity contribution in [3.05, 3.63) is 0 Å². The maximum atomic E-state index is 11.9. The summed E-state index contributed by atoms with van der Waals surface area (Å²) in [5.41, 5.74) is -0.0889. The van der Waals surface area contributed by atoms with Gasteiger partial charge in [0.15, 0.2) is 0 Å². The average molecular weight is 266 g/mol. The third-order valence-electron chi connectivity index (χ3n) is 5.38. The van der Waals surface area contributed by atoms with Gasteiger partial charge in [0.1, 0.15) is 0 Å². The number of hydrogen-bond acceptors (Lipinski definition) is 2. The Hall–Kier alpha value is -0.570. The summed E-state index contributed by atoms with van der Waals surface area (Å²) >= 11 is 0. The zero-order valence-corrected chi connectivity index (χ0v) is 13.0. The minimum absolute atomic E-state index is 0.0889. The summed E-state index contributed by atoms with van der Waals surface area (Å²) in [6, 6.07) is 0.478. The Morgan fingerprint density at radius 1 is 1.32 bits per heavy atom. The molecule has 2 aliphatic carbocycles. The van der Waals surface area contributed by atoms with Crippen LogP contribution in [0.4, 0.5) is 0 Å². The van der Waals surface area contributed by atoms with E-state index in [2.05, 4.69) is 38.3 Å². The molecule has 19 heavy (non-hydrogen) atoms. The van der Waals surface area contributed by atoms with E-state index in [4.69, 9.17) is 0 Å². The summed E-state index contributed by atoms with van der Waals surface area (Å²) in [5.74, 6) is 2.82. The van der Waals surface area contributed by atoms with E-state index in [1.807, 2.05) is 0 Å². The van der Waals surface area contributed by atoms with Crippen molar-refractivity contribution >= 4 is 5.91 Å². The molecular formula is C16H30N2O. The second kappa shape index (κ2) is 5.82. The summed E-state index contributed by atoms with van der Waals surface area (Å²) in [6.07, 6.45) is 6.63. The van der Waals surface area contributed by atoms with Crippen LogP contribution in [0.3, 0.4) is 0 Å². The molecule has 1 amide bonds. The van der Waals surface area contributed by atoms with Gasteiger partial charge in [-0.1, -0.05) is 13.3 Å². The van der Waals surface area contributed by atoms with Gasteiger partial charge >= 0.3 is 0 Å². The smallest absolute Gasteiger partial charge is 0.234 e. The third-order valence-corrected chi connectivity index (χ3v) is 5.38. The van der Waals surface area contributed by atoms with E-state index in [0.717, 1.165) is 24.2 Å². The van der Waals surface area contributed by atoms with E-state index in [1.165, 1.54) is 25.7 Å². The van der Waals surface area contributed by atoms with E-state index >= 15 is 0 Å². The largest absolute Gasteiger partial charge is 0.350 e. The van der Waals surface area contributed by atoms with Crippen LogP contribution in [0.5, 0.6) is 0 Å². The number of carbonyl (C=O) groups is 1. The molecule has 3 heteroatoms. The normalized spacial score (nSPS) is 31.5. The number of nitrogens with one attached hydrogen (secondary N) is 2. The molecule has 3 nitrogen and oxygen atoms in total. The molecule has 0 aliphatic heterocycles. The maximum absolute atomic E-state index is 11.9. The topological polar surface area (TPSA) is 41.1 Å². The Balaban J connectivity index is 1.72. The van der Waals surface area contributed by atoms with Crippen molar-refractivity contribution in [3.63, 3.8) is 0 Å². The van der Waals surface area contributed by atoms with Gasteiger partial charge in [-0.3, -0.25) is 4.79 Å². The number of hydrogen-bond donors (Lipinski definition) is 2. The monoisotopic (exact) mass is 266 g/mol. The lowest BCUT2D eigenvalue weighted by Gasteiger charge is -2.29. The summed E-state index contributed by atoms with van der Waals surface area (Å²) in [7, 11) is 0. The summed E-state index contributed by atoms with van der Waals surface area (Å²) in [6.45, 7) is 8.96. The van der Waals surface area contributed by atoms with Crippen LogP contribution >= 0.6 is 0 Å². The van der Waals surface area contributed by atoms with Crippen LogP contribution < -0.4 is 10.6 Å². The lowest BCUT2D eigenvalue weighted by Crippen LogP contribution is -2.48. The Morgan fingerprint density at radius 3 is 2.58 bits per heavy atom. The first-order valence-electron chi connectivity index (χ1n) is 7.95. The highest BCUT2D eigenvalue weighted by molar-refractivity contribution is 5.78. The van der Waals surface area contributed by atoms with Crippen LogP contribution in [0.15, 0.2) is 0 Å². The van der Waals surface area contributed by atoms with Gasteiger partial charge in [0, 0.05) is 11.6 Å². The lowest BCUT2D eigenvalue weighted by molar-refractivity contribution is -0.122. The van der Waals surface area contributed by atoms with E-state index in [0.29, 0.717) is 12.6 Å². The van der Waals surface area contributed by atoms with Gasteiger partial charge < -0.3 is 10.6 Å². The van der Waals surface area contributed by atoms with Crippen LogP contribution in [-0.4, -0.2) is 24.0 Å². The van der Waals surface area contributed by atoms with Crippen LogP contribution in [-0.2, 0) is 4.79 Å². The minimum Gasteiger partial charge on any atom is -0.350 e. The predicted octanol–water partition coefficient (Wildman–Crippen LogP) is 2.71. The molecule has 110 valence electrons. The molecule has 0 aromatic rings. The van der Waals surface area contributed by atoms with Crippen molar-refractivity contribution in [2.24, 2.45) is 17.8 Å². The SMILES string of the molecule is CCC(C)(C)NC(=O)CNC(C)C1CC2CCC1C2. The molecule has 0 radical (unpaired) electrons. The van der Waals surface area contributed by atoms with Gasteiger partial charge in [-0.05, 0) is 64.2 Å². The van der Waals surface area contributed by atoms with Crippen LogP contribution in [0, 0.1) is 17.8 Å². The molecule has 2 bridgehead atoms. The molecule has 2 rings (SSSR count). The fourth-order valence-electron chi connectivity index (χ4n) is 3.82. The second-order valence-corrected chi connectivity index (χ2v) is 7.29. The molecule has 0 heterocycles. The lowest BCUT2D eigenvalue weighted by atomic mass is 9.84. The van der Waals surface area contributed by atoms with Crippen molar-refractivity contribution in [2.75, 3.05) is 6.54 Å². The molecule has 2 aliphatic rings. The Morgan fingerprint density at radius 2 is 2.05 bits per heavy atom. The maximum Gasteiger partial charge on any atom is 0.234 e. The Kier molecular flexibility index (Phi) is 4.54. The van der Waals surface area contributed by atoms with Crippen molar-refractivity contribution in [2.45, 2.75) is 71.4 Å². The van der Waals surface area contributed by atoms with Crippen molar-refractivity contribution in [1.82, 2.24) is 10.6 Å². The van der Waals surface area contributed by atoms with Crippen molar-refractivity contribution < 1.29 is 4.79 Å². The second-order valence-electron chi connectivity index (χ2n) is 7.29. The first kappa shape index (κ1) is 14.8. The fourth-order valence-corrected chi connectivity index (χ4v) is 3.82. The highest BCUT2D eigenvalue weighted by Gasteiger charge is 2.41. The van der Waals surface area contributed by atoms with Gasteiger partial charge in [-0.25, -0.2) is 0 Å². The number of fused-ring (bicyclic) bond motifs is 2. The molecule has 2 N–H and O–H groups in total. The first-order chi connectivity index (χ1) is 8.91. The fraction of sp³-hybridized carbons (Fsp3) is 0.938. The highest BCUT2D eigenvalue weighted by Crippen LogP contribution is 2.49. The van der Waals surface area contributed by atoms with Gasteiger partial charge in [-0.2, -0.15) is 0 Å². The van der Waals surface area contributed by atoms with Crippen molar-refractivity contribution in [1.29, 1.82) is 0 Å². The minimum atomic E-state index is -0.0889. The van der Waals surface area contributed by atoms with E-state index in [-0.39, 0.29) is 11.4 Å². The molecule has 4 unspecified atom stereocenters. The Labute approximate surface area is 117 Å². The molecule has 4 atom stereocenters. The summed E-state index contributed by atoms with van der Waals surface area (Å²) < 4.78 is 0. The number of rotatable bonds is 6. The van der Waals surface area contributed by atoms with Crippen LogP contribution in [0.25, 0.3) is 0 Å². The average Bonchev–Trinajstić information content (AvgIpc) is 2.97. The van der Waals surface area contributed by atoms with E-state index in [1.54, 1.807) is 0 Å². The van der Waals surface area contributed by atoms with Crippen LogP contribution in [0.2, 0.25) is 0 Å². The number of amides is 1. The third kappa shape index (κ3) is 3.71. The Bertz CT molecular complexity index is 327. The molecule has 0 spiro atoms. The van der Waals surface area contributed by atoms with Gasteiger partial charge in [0.05, 0.1) is 6.54 Å². The van der Waals surface area contributed by atoms with E-state index in [9.17, 15) is 4.79 Å². The van der Waals surface area contributed by atoms with Gasteiger partial charge in [0.2, 0.25) is 5.91 Å². The molecule has 0 saturated heterocycles. The quantitative estimate of drug-likeness (QED) is 0.776. The zero-order valence-electron chi connectivity index (χ0n) is 13.0. The molecule has 2 fully saturated rings. The summed E-state index contributed by atoms with van der Waals surface area (Å²) in [4.78, 5) is 11.9. The van der Waals surface area contributed by atoms with Gasteiger partial charge in [-0.15, -0.1) is 0 Å². The zero-order chi connectivity index (χ0) is 14.0. The molecular weight excluding hydrogens is 236 g/mol. The van der Waals surface area contributed by atoms with Crippen molar-refractivity contribution in [3.8, 4) is 0 Å². The van der Waals surface area contributed by atoms with Crippen LogP contribution in [0.1, 0.15) is 59.8 Å². The predicted molar refractivity (Wildman–Crippen MR) is 78.9 cm³/mol. The molecule has 0 aromatic carbocycles. The standard InChI is InChI=1S/C16H30N2O/c1-5-16(3,4)18-15(19)10-17-11(2)14-9-12-6-7-13(14)8-12/h11-14,17H,5-10H2,1-4H3,(H,18,19). The van der Waals surface area contributed by atoms with E-state index < -0.39 is 0 Å². The number of carbonyl (C=O) groups excluding carboxylic acids is 1. The first-order valence-corrected chi connectivity index (χ1v) is 7.95.